The van der Waals surface area contributed by atoms with Gasteiger partial charge in [-0.25, -0.2) is 4.79 Å². The third kappa shape index (κ3) is 9.09. The van der Waals surface area contributed by atoms with E-state index in [0.29, 0.717) is 12.2 Å². The van der Waals surface area contributed by atoms with E-state index in [9.17, 15) is 24.3 Å². The van der Waals surface area contributed by atoms with Crippen molar-refractivity contribution in [2.45, 2.75) is 63.7 Å². The summed E-state index contributed by atoms with van der Waals surface area (Å²) in [5.41, 5.74) is 8.63. The van der Waals surface area contributed by atoms with Crippen molar-refractivity contribution >= 4 is 46.4 Å². The lowest BCUT2D eigenvalue weighted by Crippen LogP contribution is -2.58. The van der Waals surface area contributed by atoms with Gasteiger partial charge in [-0.3, -0.25) is 14.4 Å². The molecule has 0 radical (unpaired) electrons. The number of fused-ring (bicyclic) bond motifs is 1. The number of nitrogens with two attached hydrogens (primary N) is 1. The SMILES string of the molecule is CCC(C)C(N)C(=O)NC(Cc1ccccc1)C(=O)NC(Cc1c[nH]c2ccccc12)C(=O)NC(CCSC)C(=O)O. The van der Waals surface area contributed by atoms with Gasteiger partial charge in [0, 0.05) is 29.9 Å². The zero-order valence-electron chi connectivity index (χ0n) is 24.3. The van der Waals surface area contributed by atoms with Crippen molar-refractivity contribution < 1.29 is 24.3 Å². The van der Waals surface area contributed by atoms with Gasteiger partial charge in [0.2, 0.25) is 17.7 Å². The monoisotopic (exact) mass is 595 g/mol. The number of aromatic amines is 1. The molecule has 0 bridgehead atoms. The molecule has 3 aromatic rings. The number of rotatable bonds is 16. The van der Waals surface area contributed by atoms with E-state index in [2.05, 4.69) is 20.9 Å². The maximum atomic E-state index is 13.8. The Morgan fingerprint density at radius 1 is 0.881 bits per heavy atom. The van der Waals surface area contributed by atoms with Crippen LogP contribution in [0.4, 0.5) is 0 Å². The number of para-hydroxylation sites is 1. The molecule has 10 nitrogen and oxygen atoms in total. The van der Waals surface area contributed by atoms with Crippen LogP contribution in [0.5, 0.6) is 0 Å². The highest BCUT2D eigenvalue weighted by molar-refractivity contribution is 7.98. The summed E-state index contributed by atoms with van der Waals surface area (Å²) >= 11 is 1.48. The van der Waals surface area contributed by atoms with Crippen molar-refractivity contribution in [2.24, 2.45) is 11.7 Å². The van der Waals surface area contributed by atoms with Gasteiger partial charge in [-0.1, -0.05) is 68.8 Å². The van der Waals surface area contributed by atoms with Crippen molar-refractivity contribution in [1.29, 1.82) is 0 Å². The first-order valence-corrected chi connectivity index (χ1v) is 15.5. The number of amides is 3. The summed E-state index contributed by atoms with van der Waals surface area (Å²) < 4.78 is 0. The van der Waals surface area contributed by atoms with E-state index in [1.807, 2.05) is 74.7 Å². The van der Waals surface area contributed by atoms with Gasteiger partial charge in [-0.15, -0.1) is 0 Å². The minimum Gasteiger partial charge on any atom is -0.480 e. The van der Waals surface area contributed by atoms with E-state index in [-0.39, 0.29) is 25.2 Å². The Morgan fingerprint density at radius 2 is 1.48 bits per heavy atom. The van der Waals surface area contributed by atoms with Crippen LogP contribution in [0.2, 0.25) is 0 Å². The zero-order chi connectivity index (χ0) is 30.6. The number of aromatic nitrogens is 1. The van der Waals surface area contributed by atoms with Crippen molar-refractivity contribution in [2.75, 3.05) is 12.0 Å². The summed E-state index contributed by atoms with van der Waals surface area (Å²) in [5, 5.41) is 18.8. The fraction of sp³-hybridized carbons (Fsp3) is 0.419. The highest BCUT2D eigenvalue weighted by Gasteiger charge is 2.31. The highest BCUT2D eigenvalue weighted by atomic mass is 32.2. The molecule has 5 atom stereocenters. The number of hydrogen-bond acceptors (Lipinski definition) is 6. The fourth-order valence-electron chi connectivity index (χ4n) is 4.61. The Labute approximate surface area is 250 Å². The molecule has 226 valence electrons. The number of aliphatic carboxylic acids is 1. The molecule has 1 heterocycles. The van der Waals surface area contributed by atoms with E-state index < -0.39 is 47.9 Å². The number of carboxylic acids is 1. The van der Waals surface area contributed by atoms with Gasteiger partial charge in [0.15, 0.2) is 0 Å². The van der Waals surface area contributed by atoms with Crippen LogP contribution in [-0.2, 0) is 32.0 Å². The van der Waals surface area contributed by atoms with E-state index in [1.54, 1.807) is 6.20 Å². The summed E-state index contributed by atoms with van der Waals surface area (Å²) in [7, 11) is 0. The molecule has 3 rings (SSSR count). The first-order valence-electron chi connectivity index (χ1n) is 14.1. The van der Waals surface area contributed by atoms with Gasteiger partial charge in [-0.2, -0.15) is 11.8 Å². The molecule has 0 aliphatic heterocycles. The summed E-state index contributed by atoms with van der Waals surface area (Å²) in [6.45, 7) is 3.80. The molecule has 0 saturated carbocycles. The molecule has 7 N–H and O–H groups in total. The van der Waals surface area contributed by atoms with E-state index in [0.717, 1.165) is 22.0 Å². The summed E-state index contributed by atoms with van der Waals surface area (Å²) in [6.07, 6.45) is 4.84. The molecule has 0 aliphatic carbocycles. The number of nitrogens with one attached hydrogen (secondary N) is 4. The second kappa shape index (κ2) is 16.0. The lowest BCUT2D eigenvalue weighted by molar-refractivity contribution is -0.142. The molecule has 3 amide bonds. The average molecular weight is 596 g/mol. The van der Waals surface area contributed by atoms with Gasteiger partial charge >= 0.3 is 5.97 Å². The van der Waals surface area contributed by atoms with Crippen molar-refractivity contribution in [3.8, 4) is 0 Å². The summed E-state index contributed by atoms with van der Waals surface area (Å²) in [4.78, 5) is 55.4. The van der Waals surface area contributed by atoms with Crippen LogP contribution in [0.1, 0.15) is 37.8 Å². The minimum absolute atomic E-state index is 0.0972. The lowest BCUT2D eigenvalue weighted by Gasteiger charge is -2.26. The second-order valence-electron chi connectivity index (χ2n) is 10.5. The molecule has 0 aliphatic rings. The smallest absolute Gasteiger partial charge is 0.326 e. The number of carbonyl (C=O) groups is 4. The molecule has 11 heteroatoms. The number of H-pyrrole nitrogens is 1. The molecule has 5 unspecified atom stereocenters. The van der Waals surface area contributed by atoms with Crippen molar-refractivity contribution in [3.63, 3.8) is 0 Å². The summed E-state index contributed by atoms with van der Waals surface area (Å²) in [5.74, 6) is -2.36. The molecular formula is C31H41N5O5S. The highest BCUT2D eigenvalue weighted by Crippen LogP contribution is 2.19. The number of benzene rings is 2. The third-order valence-corrected chi connectivity index (χ3v) is 8.08. The number of carboxylic acid groups (broad SMARTS) is 1. The van der Waals surface area contributed by atoms with E-state index in [4.69, 9.17) is 5.73 Å². The average Bonchev–Trinajstić information content (AvgIpc) is 3.40. The van der Waals surface area contributed by atoms with Gasteiger partial charge in [-0.05, 0) is 41.5 Å². The topological polar surface area (TPSA) is 166 Å². The van der Waals surface area contributed by atoms with Crippen LogP contribution in [-0.4, -0.2) is 70.0 Å². The van der Waals surface area contributed by atoms with Gasteiger partial charge in [0.25, 0.3) is 0 Å². The number of carbonyl (C=O) groups excluding carboxylic acids is 3. The van der Waals surface area contributed by atoms with Gasteiger partial charge in [0.05, 0.1) is 6.04 Å². The predicted octanol–water partition coefficient (Wildman–Crippen LogP) is 2.62. The Morgan fingerprint density at radius 3 is 2.12 bits per heavy atom. The first-order chi connectivity index (χ1) is 20.1. The Balaban J connectivity index is 1.89. The Kier molecular flexibility index (Phi) is 12.4. The van der Waals surface area contributed by atoms with Crippen LogP contribution in [0, 0.1) is 5.92 Å². The van der Waals surface area contributed by atoms with E-state index in [1.165, 1.54) is 11.8 Å². The predicted molar refractivity (Wildman–Crippen MR) is 166 cm³/mol. The largest absolute Gasteiger partial charge is 0.480 e. The van der Waals surface area contributed by atoms with Crippen LogP contribution in [0.15, 0.2) is 60.8 Å². The number of thioether (sulfide) groups is 1. The standard InChI is InChI=1S/C31H41N5O5S/c1-4-19(2)27(32)30(39)36-25(16-20-10-6-5-7-11-20)28(37)35-26(29(38)34-24(31(40)41)14-15-42-3)17-21-18-33-23-13-9-8-12-22(21)23/h5-13,18-19,24-27,33H,4,14-17,32H2,1-3H3,(H,34,38)(H,35,37)(H,36,39)(H,40,41). The number of hydrogen-bond donors (Lipinski definition) is 6. The van der Waals surface area contributed by atoms with Crippen LogP contribution >= 0.6 is 11.8 Å². The molecule has 0 saturated heterocycles. The molecule has 1 aromatic heterocycles. The third-order valence-electron chi connectivity index (χ3n) is 7.43. The molecule has 0 fully saturated rings. The van der Waals surface area contributed by atoms with E-state index >= 15 is 0 Å². The molecule has 42 heavy (non-hydrogen) atoms. The quantitative estimate of drug-likeness (QED) is 0.148. The Hall–Kier alpha value is -3.83. The maximum Gasteiger partial charge on any atom is 0.326 e. The van der Waals surface area contributed by atoms with Crippen LogP contribution < -0.4 is 21.7 Å². The fourth-order valence-corrected chi connectivity index (χ4v) is 5.08. The first kappa shape index (κ1) is 32.7. The Bertz CT molecular complexity index is 1350. The molecule has 0 spiro atoms. The van der Waals surface area contributed by atoms with Crippen molar-refractivity contribution in [3.05, 3.63) is 71.9 Å². The maximum absolute atomic E-state index is 13.8. The van der Waals surface area contributed by atoms with Crippen LogP contribution in [0.25, 0.3) is 10.9 Å². The molecule has 2 aromatic carbocycles. The van der Waals surface area contributed by atoms with Crippen molar-refractivity contribution in [1.82, 2.24) is 20.9 Å². The minimum atomic E-state index is -1.15. The van der Waals surface area contributed by atoms with Crippen LogP contribution in [0.3, 0.4) is 0 Å². The summed E-state index contributed by atoms with van der Waals surface area (Å²) in [6, 6.07) is 12.8. The molecular weight excluding hydrogens is 554 g/mol. The normalized spacial score (nSPS) is 14.8. The zero-order valence-corrected chi connectivity index (χ0v) is 25.1. The lowest BCUT2D eigenvalue weighted by atomic mass is 9.98. The van der Waals surface area contributed by atoms with Gasteiger partial charge in [0.1, 0.15) is 18.1 Å². The second-order valence-corrected chi connectivity index (χ2v) is 11.5. The van der Waals surface area contributed by atoms with Gasteiger partial charge < -0.3 is 31.8 Å².